The molecule has 1 fully saturated rings. The molecule has 2 heterocycles. The second-order valence-electron chi connectivity index (χ2n) is 3.56. The first-order valence-electron chi connectivity index (χ1n) is 5.21. The van der Waals surface area contributed by atoms with Gasteiger partial charge < -0.3 is 0 Å². The van der Waals surface area contributed by atoms with Crippen LogP contribution in [0, 0.1) is 0 Å². The molecule has 0 amide bonds. The van der Waals surface area contributed by atoms with Crippen molar-refractivity contribution in [1.82, 2.24) is 4.98 Å². The van der Waals surface area contributed by atoms with E-state index in [-0.39, 0.29) is 21.9 Å². The van der Waals surface area contributed by atoms with Crippen LogP contribution in [0.1, 0.15) is 12.1 Å². The third-order valence-corrected chi connectivity index (χ3v) is 4.08. The van der Waals surface area contributed by atoms with E-state index in [0.717, 1.165) is 25.3 Å². The minimum absolute atomic E-state index is 0.0431. The van der Waals surface area contributed by atoms with Crippen LogP contribution >= 0.6 is 0 Å². The number of ether oxygens (including phenoxy) is 2. The number of hydrogen-bond donors (Lipinski definition) is 0. The fourth-order valence-corrected chi connectivity index (χ4v) is 2.63. The molecule has 0 saturated carbocycles. The van der Waals surface area contributed by atoms with Crippen LogP contribution in [0.15, 0.2) is 18.2 Å². The van der Waals surface area contributed by atoms with Gasteiger partial charge in [0.2, 0.25) is 0 Å². The number of rotatable bonds is 4. The summed E-state index contributed by atoms with van der Waals surface area (Å²) in [4.78, 5) is 4.54. The van der Waals surface area contributed by atoms with Crippen LogP contribution in [-0.2, 0) is 16.1 Å². The second kappa shape index (κ2) is 5.64. The van der Waals surface area contributed by atoms with E-state index in [1.165, 1.54) is 4.48 Å². The second-order valence-corrected chi connectivity index (χ2v) is 5.68. The molecular weight excluding hydrogens is 253 g/mol. The van der Waals surface area contributed by atoms with Gasteiger partial charge in [-0.1, -0.05) is 0 Å². The van der Waals surface area contributed by atoms with Crippen molar-refractivity contribution >= 4 is 20.2 Å². The predicted octanol–water partition coefficient (Wildman–Crippen LogP) is 0.497. The normalized spacial score (nSPS) is 21.5. The summed E-state index contributed by atoms with van der Waals surface area (Å²) in [6.07, 6.45) is 1.29. The van der Waals surface area contributed by atoms with E-state index in [4.69, 9.17) is 9.47 Å². The zero-order chi connectivity index (χ0) is 10.5. The molecule has 4 heteroatoms. The predicted molar refractivity (Wildman–Crippen MR) is 60.9 cm³/mol. The topological polar surface area (TPSA) is 31.4 Å². The summed E-state index contributed by atoms with van der Waals surface area (Å²) < 4.78 is 12.2. The molecular formula is C11H16AsNO2. The summed E-state index contributed by atoms with van der Waals surface area (Å²) in [6.45, 7) is 2.19. The summed E-state index contributed by atoms with van der Waals surface area (Å²) in [5.41, 5.74) is 3.28. The van der Waals surface area contributed by atoms with Gasteiger partial charge in [-0.2, -0.15) is 0 Å². The van der Waals surface area contributed by atoms with Gasteiger partial charge in [0.05, 0.1) is 0 Å². The molecule has 0 aliphatic carbocycles. The molecule has 1 aliphatic rings. The Morgan fingerprint density at radius 2 is 2.53 bits per heavy atom. The van der Waals surface area contributed by atoms with E-state index in [2.05, 4.69) is 22.8 Å². The van der Waals surface area contributed by atoms with Crippen LogP contribution in [-0.4, -0.2) is 40.1 Å². The molecule has 0 aromatic carbocycles. The Morgan fingerprint density at radius 1 is 1.60 bits per heavy atom. The summed E-state index contributed by atoms with van der Waals surface area (Å²) in [5, 5.41) is 0. The van der Waals surface area contributed by atoms with Gasteiger partial charge in [0.15, 0.2) is 0 Å². The number of hydrogen-bond acceptors (Lipinski definition) is 3. The molecule has 1 aliphatic heterocycles. The van der Waals surface area contributed by atoms with E-state index >= 15 is 0 Å². The molecule has 82 valence electrons. The maximum absolute atomic E-state index is 5.71. The summed E-state index contributed by atoms with van der Waals surface area (Å²) in [5.74, 6) is 0. The molecule has 2 atom stereocenters. The van der Waals surface area contributed by atoms with Crippen molar-refractivity contribution < 1.29 is 9.47 Å². The molecule has 1 aromatic heterocycles. The van der Waals surface area contributed by atoms with Gasteiger partial charge in [-0.3, -0.25) is 0 Å². The van der Waals surface area contributed by atoms with Gasteiger partial charge in [-0.15, -0.1) is 0 Å². The van der Waals surface area contributed by atoms with Gasteiger partial charge in [0, 0.05) is 0 Å². The van der Waals surface area contributed by atoms with Crippen molar-refractivity contribution in [1.29, 1.82) is 0 Å². The standard InChI is InChI=1S/C11H16AsNO2/c1-12-11-4-2-3-9(13-11)7-15-10-5-6-14-8-10/h2-4,10,12H,5-8H2,1H3/t10-/m0/s1. The monoisotopic (exact) mass is 269 g/mol. The Hall–Kier alpha value is -0.372. The van der Waals surface area contributed by atoms with Crippen LogP contribution in [0.2, 0.25) is 5.71 Å². The SMILES string of the molecule is C[AsH]c1cccc(CO[C@H]2CCOC2)n1. The maximum atomic E-state index is 5.71. The Labute approximate surface area is 96.9 Å². The first-order valence-corrected chi connectivity index (χ1v) is 8.36. The van der Waals surface area contributed by atoms with E-state index in [1.54, 1.807) is 0 Å². The van der Waals surface area contributed by atoms with Crippen molar-refractivity contribution in [3.63, 3.8) is 0 Å². The molecule has 0 N–H and O–H groups in total. The first-order chi connectivity index (χ1) is 7.38. The van der Waals surface area contributed by atoms with E-state index < -0.39 is 0 Å². The molecule has 1 saturated heterocycles. The molecule has 0 bridgehead atoms. The first kappa shape index (κ1) is 11.1. The number of nitrogens with zero attached hydrogens (tertiary/aromatic N) is 1. The Morgan fingerprint density at radius 3 is 3.27 bits per heavy atom. The van der Waals surface area contributed by atoms with Crippen LogP contribution < -0.4 is 4.48 Å². The Kier molecular flexibility index (Phi) is 4.18. The van der Waals surface area contributed by atoms with Crippen LogP contribution in [0.25, 0.3) is 0 Å². The minimum atomic E-state index is -0.0431. The molecule has 2 rings (SSSR count). The van der Waals surface area contributed by atoms with Gasteiger partial charge in [0.25, 0.3) is 0 Å². The zero-order valence-electron chi connectivity index (χ0n) is 8.90. The van der Waals surface area contributed by atoms with Gasteiger partial charge >= 0.3 is 96.6 Å². The van der Waals surface area contributed by atoms with E-state index in [9.17, 15) is 0 Å². The average Bonchev–Trinajstić information content (AvgIpc) is 2.79. The quantitative estimate of drug-likeness (QED) is 0.746. The molecule has 15 heavy (non-hydrogen) atoms. The van der Waals surface area contributed by atoms with Gasteiger partial charge in [-0.05, 0) is 0 Å². The van der Waals surface area contributed by atoms with Crippen molar-refractivity contribution in [3.8, 4) is 0 Å². The number of aromatic nitrogens is 1. The average molecular weight is 269 g/mol. The fourth-order valence-electron chi connectivity index (χ4n) is 1.55. The van der Waals surface area contributed by atoms with E-state index in [1.807, 2.05) is 6.07 Å². The van der Waals surface area contributed by atoms with Crippen molar-refractivity contribution in [2.24, 2.45) is 0 Å². The van der Waals surface area contributed by atoms with Crippen LogP contribution in [0.4, 0.5) is 0 Å². The molecule has 0 spiro atoms. The van der Waals surface area contributed by atoms with Crippen LogP contribution in [0.3, 0.4) is 0 Å². The summed E-state index contributed by atoms with van der Waals surface area (Å²) in [6, 6.07) is 6.20. The Bertz CT molecular complexity index is 313. The summed E-state index contributed by atoms with van der Waals surface area (Å²) >= 11 is -0.0431. The zero-order valence-corrected chi connectivity index (χ0v) is 11.0. The van der Waals surface area contributed by atoms with Gasteiger partial charge in [0.1, 0.15) is 0 Å². The molecule has 0 radical (unpaired) electrons. The third kappa shape index (κ3) is 3.30. The fraction of sp³-hybridized carbons (Fsp3) is 0.545. The van der Waals surface area contributed by atoms with Gasteiger partial charge in [-0.25, -0.2) is 0 Å². The molecule has 1 aromatic rings. The summed E-state index contributed by atoms with van der Waals surface area (Å²) in [7, 11) is 0. The number of pyridine rings is 1. The van der Waals surface area contributed by atoms with Crippen LogP contribution in [0.5, 0.6) is 0 Å². The Balaban J connectivity index is 1.86. The molecule has 3 nitrogen and oxygen atoms in total. The third-order valence-electron chi connectivity index (χ3n) is 2.42. The van der Waals surface area contributed by atoms with Crippen molar-refractivity contribution in [2.45, 2.75) is 24.8 Å². The van der Waals surface area contributed by atoms with E-state index in [0.29, 0.717) is 6.61 Å². The van der Waals surface area contributed by atoms with Crippen molar-refractivity contribution in [2.75, 3.05) is 13.2 Å². The molecule has 1 unspecified atom stereocenters. The van der Waals surface area contributed by atoms with Crippen molar-refractivity contribution in [3.05, 3.63) is 23.9 Å².